The molecule has 0 aromatic carbocycles. The van der Waals surface area contributed by atoms with Crippen molar-refractivity contribution in [2.24, 2.45) is 0 Å². The minimum absolute atomic E-state index is 0.181. The topological polar surface area (TPSA) is 234 Å². The minimum Gasteiger partial charge on any atom is -0.481 e. The van der Waals surface area contributed by atoms with Gasteiger partial charge in [0.05, 0.1) is 38.1 Å². The van der Waals surface area contributed by atoms with Crippen molar-refractivity contribution in [1.29, 1.82) is 0 Å². The molecule has 3 unspecified atom stereocenters. The van der Waals surface area contributed by atoms with E-state index in [0.717, 1.165) is 0 Å². The van der Waals surface area contributed by atoms with Gasteiger partial charge in [-0.1, -0.05) is 0 Å². The summed E-state index contributed by atoms with van der Waals surface area (Å²) in [4.78, 5) is 67.8. The summed E-state index contributed by atoms with van der Waals surface area (Å²) in [5.41, 5.74) is 0. The molecule has 0 aromatic heterocycles. The Hall–Kier alpha value is -1.14. The number of rotatable bonds is 15. The van der Waals surface area contributed by atoms with E-state index in [9.17, 15) is 42.8 Å². The van der Waals surface area contributed by atoms with Crippen LogP contribution in [0.5, 0.6) is 0 Å². The number of carboxylic acids is 3. The van der Waals surface area contributed by atoms with E-state index >= 15 is 0 Å². The molecular weight excluding hydrogens is 543 g/mol. The zero-order valence-electron chi connectivity index (χ0n) is 19.9. The fourth-order valence-corrected chi connectivity index (χ4v) is 8.34. The quantitative estimate of drug-likeness (QED) is 0.140. The van der Waals surface area contributed by atoms with Gasteiger partial charge < -0.3 is 30.0 Å². The molecule has 1 heterocycles. The maximum absolute atomic E-state index is 12.5. The van der Waals surface area contributed by atoms with Gasteiger partial charge in [-0.05, 0) is 0 Å². The molecule has 1 saturated heterocycles. The largest absolute Gasteiger partial charge is 0.481 e. The normalized spacial score (nSPS) is 21.8. The molecule has 0 bridgehead atoms. The predicted molar refractivity (Wildman–Crippen MR) is 130 cm³/mol. The van der Waals surface area contributed by atoms with Gasteiger partial charge in [-0.2, -0.15) is 0 Å². The van der Waals surface area contributed by atoms with Crippen LogP contribution in [0.1, 0.15) is 19.3 Å². The first-order chi connectivity index (χ1) is 16.5. The second kappa shape index (κ2) is 14.7. The Morgan fingerprint density at radius 1 is 0.500 bits per heavy atom. The second-order valence-corrected chi connectivity index (χ2v) is 16.2. The van der Waals surface area contributed by atoms with E-state index in [4.69, 9.17) is 15.3 Å². The number of nitrogens with zero attached hydrogens (tertiary/aromatic N) is 3. The van der Waals surface area contributed by atoms with Crippen molar-refractivity contribution in [3.63, 3.8) is 0 Å². The lowest BCUT2D eigenvalue weighted by molar-refractivity contribution is -0.137. The molecule has 0 radical (unpaired) electrons. The number of carbonyl (C=O) groups is 3. The molecule has 210 valence electrons. The Morgan fingerprint density at radius 2 is 0.694 bits per heavy atom. The Bertz CT molecular complexity index is 791. The molecule has 3 atom stereocenters. The highest BCUT2D eigenvalue weighted by molar-refractivity contribution is 7.58. The van der Waals surface area contributed by atoms with Crippen LogP contribution in [0.2, 0.25) is 0 Å². The Labute approximate surface area is 209 Å². The van der Waals surface area contributed by atoms with Crippen LogP contribution in [-0.2, 0) is 28.1 Å². The zero-order valence-corrected chi connectivity index (χ0v) is 22.6. The molecule has 1 aliphatic rings. The van der Waals surface area contributed by atoms with Gasteiger partial charge in [0.2, 0.25) is 22.1 Å². The Kier molecular flexibility index (Phi) is 13.4. The maximum atomic E-state index is 12.5. The van der Waals surface area contributed by atoms with E-state index in [0.29, 0.717) is 0 Å². The van der Waals surface area contributed by atoms with Gasteiger partial charge >= 0.3 is 17.9 Å². The highest BCUT2D eigenvalue weighted by Crippen LogP contribution is 2.44. The van der Waals surface area contributed by atoms with E-state index < -0.39 is 77.8 Å². The van der Waals surface area contributed by atoms with Gasteiger partial charge in [-0.3, -0.25) is 42.8 Å². The van der Waals surface area contributed by atoms with Crippen molar-refractivity contribution in [2.45, 2.75) is 19.3 Å². The van der Waals surface area contributed by atoms with Crippen molar-refractivity contribution < 1.29 is 58.1 Å². The van der Waals surface area contributed by atoms with Crippen LogP contribution in [0.4, 0.5) is 0 Å². The van der Waals surface area contributed by atoms with Gasteiger partial charge in [0.15, 0.2) is 0 Å². The standard InChI is InChI=1S/C18H36N3O12P3/c22-16(23)1-10-34(28,29)13-19-4-6-20(14-35(30,31)11-2-17(24)25)8-9-21(7-5-19)15-36(32,33)12-3-18(26)27/h1-15H2,(H,22,23)(H,24,25)(H,26,27)(H,28,29)(H,30,31)(H,32,33). The van der Waals surface area contributed by atoms with Crippen molar-refractivity contribution in [3.05, 3.63) is 0 Å². The molecule has 18 heteroatoms. The van der Waals surface area contributed by atoms with Crippen LogP contribution < -0.4 is 0 Å². The van der Waals surface area contributed by atoms with Crippen LogP contribution in [0.3, 0.4) is 0 Å². The van der Waals surface area contributed by atoms with Gasteiger partial charge in [-0.15, -0.1) is 0 Å². The summed E-state index contributed by atoms with van der Waals surface area (Å²) < 4.78 is 37.6. The van der Waals surface area contributed by atoms with Crippen molar-refractivity contribution in [1.82, 2.24) is 14.7 Å². The predicted octanol–water partition coefficient (Wildman–Crippen LogP) is 0.0138. The van der Waals surface area contributed by atoms with Gasteiger partial charge in [0.25, 0.3) is 0 Å². The monoisotopic (exact) mass is 579 g/mol. The lowest BCUT2D eigenvalue weighted by atomic mass is 10.5. The first-order valence-corrected chi connectivity index (χ1v) is 17.3. The molecule has 0 aromatic rings. The van der Waals surface area contributed by atoms with Gasteiger partial charge in [0, 0.05) is 57.8 Å². The van der Waals surface area contributed by atoms with Crippen molar-refractivity contribution >= 4 is 40.0 Å². The first-order valence-electron chi connectivity index (χ1n) is 11.2. The summed E-state index contributed by atoms with van der Waals surface area (Å²) in [6, 6.07) is 0. The Morgan fingerprint density at radius 3 is 0.861 bits per heavy atom. The van der Waals surface area contributed by atoms with Crippen LogP contribution >= 0.6 is 22.1 Å². The Balaban J connectivity index is 3.00. The van der Waals surface area contributed by atoms with Crippen molar-refractivity contribution in [3.8, 4) is 0 Å². The average molecular weight is 579 g/mol. The van der Waals surface area contributed by atoms with E-state index in [1.165, 1.54) is 0 Å². The molecule has 0 spiro atoms. The molecule has 0 amide bonds. The number of hydrogen-bond acceptors (Lipinski definition) is 9. The van der Waals surface area contributed by atoms with Crippen molar-refractivity contribution in [2.75, 3.05) is 76.6 Å². The van der Waals surface area contributed by atoms with Gasteiger partial charge in [-0.25, -0.2) is 0 Å². The highest BCUT2D eigenvalue weighted by Gasteiger charge is 2.30. The molecule has 1 rings (SSSR count). The summed E-state index contributed by atoms with van der Waals surface area (Å²) in [6.07, 6.45) is -3.80. The SMILES string of the molecule is O=C(O)CCP(=O)(O)CN1CCN(CP(=O)(O)CCC(=O)O)CCN(CP(=O)(O)CCC(=O)O)CC1. The molecule has 1 fully saturated rings. The summed E-state index contributed by atoms with van der Waals surface area (Å²) in [5.74, 6) is -3.65. The first kappa shape index (κ1) is 32.9. The smallest absolute Gasteiger partial charge is 0.303 e. The summed E-state index contributed by atoms with van der Waals surface area (Å²) in [6.45, 7) is 1.08. The zero-order chi connectivity index (χ0) is 27.6. The lowest BCUT2D eigenvalue weighted by Crippen LogP contribution is -2.37. The van der Waals surface area contributed by atoms with Crippen LogP contribution in [0.15, 0.2) is 0 Å². The lowest BCUT2D eigenvalue weighted by Gasteiger charge is -2.28. The minimum atomic E-state index is -3.86. The third-order valence-electron chi connectivity index (χ3n) is 5.49. The van der Waals surface area contributed by atoms with Gasteiger partial charge in [0.1, 0.15) is 0 Å². The van der Waals surface area contributed by atoms with E-state index in [2.05, 4.69) is 0 Å². The molecule has 15 nitrogen and oxygen atoms in total. The molecule has 0 saturated carbocycles. The third-order valence-corrected chi connectivity index (χ3v) is 10.8. The molecule has 0 aliphatic carbocycles. The van der Waals surface area contributed by atoms with E-state index in [-0.39, 0.29) is 58.1 Å². The number of carboxylic acid groups (broad SMARTS) is 3. The summed E-state index contributed by atoms with van der Waals surface area (Å²) in [7, 11) is -11.6. The van der Waals surface area contributed by atoms with E-state index in [1.807, 2.05) is 0 Å². The van der Waals surface area contributed by atoms with Crippen LogP contribution in [-0.4, -0.2) is 139 Å². The molecule has 6 N–H and O–H groups in total. The van der Waals surface area contributed by atoms with Crippen LogP contribution in [0, 0.1) is 0 Å². The summed E-state index contributed by atoms with van der Waals surface area (Å²) >= 11 is 0. The maximum Gasteiger partial charge on any atom is 0.303 e. The van der Waals surface area contributed by atoms with E-state index in [1.54, 1.807) is 14.7 Å². The highest BCUT2D eigenvalue weighted by atomic mass is 31.2. The third kappa shape index (κ3) is 15.2. The average Bonchev–Trinajstić information content (AvgIpc) is 2.81. The second-order valence-electron chi connectivity index (χ2n) is 8.92. The molecular formula is C18H36N3O12P3. The fraction of sp³-hybridized carbons (Fsp3) is 0.833. The number of hydrogen-bond donors (Lipinski definition) is 6. The molecule has 36 heavy (non-hydrogen) atoms. The number of aliphatic carboxylic acids is 3. The summed E-state index contributed by atoms with van der Waals surface area (Å²) in [5, 5.41) is 26.4. The molecule has 1 aliphatic heterocycles. The fourth-order valence-electron chi connectivity index (χ4n) is 3.57. The van der Waals surface area contributed by atoms with Crippen LogP contribution in [0.25, 0.3) is 0 Å².